The average molecular weight is 287 g/mol. The molecule has 0 saturated carbocycles. The molecule has 2 aromatic rings. The molecule has 7 nitrogen and oxygen atoms in total. The largest absolute Gasteiger partial charge is 0.383 e. The number of carbonyl (C=O) groups excluding carboxylic acids is 1. The van der Waals surface area contributed by atoms with Crippen LogP contribution in [0.1, 0.15) is 16.1 Å². The summed E-state index contributed by atoms with van der Waals surface area (Å²) in [6, 6.07) is 7.18. The minimum absolute atomic E-state index is 0.265. The number of aromatic nitrogens is 3. The third kappa shape index (κ3) is 4.81. The highest BCUT2D eigenvalue weighted by Gasteiger charge is 2.07. The molecule has 0 atom stereocenters. The van der Waals surface area contributed by atoms with Gasteiger partial charge in [0.25, 0.3) is 5.91 Å². The number of nitrogens with one attached hydrogen (secondary N) is 2. The van der Waals surface area contributed by atoms with E-state index in [0.29, 0.717) is 25.5 Å². The third-order valence-corrected chi connectivity index (χ3v) is 2.69. The molecule has 0 saturated heterocycles. The van der Waals surface area contributed by atoms with E-state index in [1.54, 1.807) is 31.6 Å². The van der Waals surface area contributed by atoms with Gasteiger partial charge in [-0.2, -0.15) is 0 Å². The molecule has 7 heteroatoms. The molecule has 0 aromatic carbocycles. The second-order valence-electron chi connectivity index (χ2n) is 4.27. The maximum atomic E-state index is 11.7. The number of amides is 1. The number of anilines is 1. The van der Waals surface area contributed by atoms with Gasteiger partial charge in [0.15, 0.2) is 5.69 Å². The maximum Gasteiger partial charge on any atom is 0.271 e. The lowest BCUT2D eigenvalue weighted by atomic mass is 10.3. The Kier molecular flexibility index (Phi) is 5.60. The van der Waals surface area contributed by atoms with Gasteiger partial charge in [-0.25, -0.2) is 0 Å². The van der Waals surface area contributed by atoms with E-state index in [9.17, 15) is 4.79 Å². The molecule has 2 N–H and O–H groups in total. The lowest BCUT2D eigenvalue weighted by molar-refractivity contribution is 0.0931. The van der Waals surface area contributed by atoms with E-state index in [2.05, 4.69) is 25.8 Å². The molecule has 0 fully saturated rings. The molecule has 0 aliphatic carbocycles. The van der Waals surface area contributed by atoms with Crippen molar-refractivity contribution in [1.29, 1.82) is 0 Å². The van der Waals surface area contributed by atoms with Crippen molar-refractivity contribution in [1.82, 2.24) is 20.5 Å². The number of pyridine rings is 1. The highest BCUT2D eigenvalue weighted by atomic mass is 16.5. The van der Waals surface area contributed by atoms with Crippen molar-refractivity contribution in [2.45, 2.75) is 6.54 Å². The minimum atomic E-state index is -0.265. The molecule has 2 aromatic heterocycles. The molecule has 0 spiro atoms. The van der Waals surface area contributed by atoms with Crippen LogP contribution in [0.5, 0.6) is 0 Å². The van der Waals surface area contributed by atoms with Crippen LogP contribution >= 0.6 is 0 Å². The van der Waals surface area contributed by atoms with E-state index in [4.69, 9.17) is 4.74 Å². The predicted octanol–water partition coefficient (Wildman–Crippen LogP) is 0.860. The maximum absolute atomic E-state index is 11.7. The molecule has 2 heterocycles. The van der Waals surface area contributed by atoms with Gasteiger partial charge in [-0.3, -0.25) is 9.78 Å². The van der Waals surface area contributed by atoms with Gasteiger partial charge in [0.2, 0.25) is 0 Å². The van der Waals surface area contributed by atoms with E-state index in [1.807, 2.05) is 12.1 Å². The van der Waals surface area contributed by atoms with Crippen molar-refractivity contribution in [3.05, 3.63) is 47.9 Å². The van der Waals surface area contributed by atoms with Crippen molar-refractivity contribution in [2.75, 3.05) is 25.6 Å². The van der Waals surface area contributed by atoms with Crippen molar-refractivity contribution < 1.29 is 9.53 Å². The van der Waals surface area contributed by atoms with Crippen LogP contribution in [-0.4, -0.2) is 41.3 Å². The summed E-state index contributed by atoms with van der Waals surface area (Å²) in [6.45, 7) is 1.50. The normalized spacial score (nSPS) is 10.1. The summed E-state index contributed by atoms with van der Waals surface area (Å²) in [7, 11) is 1.58. The first-order valence-electron chi connectivity index (χ1n) is 6.53. The second-order valence-corrected chi connectivity index (χ2v) is 4.27. The molecule has 0 aliphatic rings. The summed E-state index contributed by atoms with van der Waals surface area (Å²) in [5.74, 6) is 0.339. The quantitative estimate of drug-likeness (QED) is 0.734. The van der Waals surface area contributed by atoms with Gasteiger partial charge in [0, 0.05) is 32.6 Å². The Labute approximate surface area is 122 Å². The molecule has 0 bridgehead atoms. The van der Waals surface area contributed by atoms with Crippen LogP contribution in [0, 0.1) is 0 Å². The molecular weight excluding hydrogens is 270 g/mol. The van der Waals surface area contributed by atoms with E-state index >= 15 is 0 Å². The first-order valence-corrected chi connectivity index (χ1v) is 6.53. The van der Waals surface area contributed by atoms with Crippen LogP contribution in [0.2, 0.25) is 0 Å². The smallest absolute Gasteiger partial charge is 0.271 e. The number of ether oxygens (including phenoxy) is 1. The molecule has 110 valence electrons. The fourth-order valence-electron chi connectivity index (χ4n) is 1.60. The predicted molar refractivity (Wildman–Crippen MR) is 77.8 cm³/mol. The Hall–Kier alpha value is -2.54. The van der Waals surface area contributed by atoms with Crippen LogP contribution in [0.4, 0.5) is 5.82 Å². The summed E-state index contributed by atoms with van der Waals surface area (Å²) >= 11 is 0. The van der Waals surface area contributed by atoms with E-state index in [0.717, 1.165) is 5.56 Å². The SMILES string of the molecule is COCCNC(=O)c1ccc(NCc2cccnc2)nn1. The van der Waals surface area contributed by atoms with Gasteiger partial charge in [0.05, 0.1) is 6.61 Å². The number of hydrogen-bond donors (Lipinski definition) is 2. The van der Waals surface area contributed by atoms with E-state index in [-0.39, 0.29) is 11.6 Å². The molecule has 0 aliphatic heterocycles. The van der Waals surface area contributed by atoms with Crippen molar-refractivity contribution >= 4 is 11.7 Å². The number of hydrogen-bond acceptors (Lipinski definition) is 6. The van der Waals surface area contributed by atoms with Gasteiger partial charge in [-0.1, -0.05) is 6.07 Å². The second kappa shape index (κ2) is 7.91. The summed E-state index contributed by atoms with van der Waals surface area (Å²) in [6.07, 6.45) is 3.50. The lowest BCUT2D eigenvalue weighted by Gasteiger charge is -2.06. The number of methoxy groups -OCH3 is 1. The Balaban J connectivity index is 1.85. The van der Waals surface area contributed by atoms with Crippen LogP contribution in [0.3, 0.4) is 0 Å². The fourth-order valence-corrected chi connectivity index (χ4v) is 1.60. The first-order chi connectivity index (χ1) is 10.3. The topological polar surface area (TPSA) is 89.0 Å². The fraction of sp³-hybridized carbons (Fsp3) is 0.286. The molecule has 21 heavy (non-hydrogen) atoms. The standard InChI is InChI=1S/C14H17N5O2/c1-21-8-7-16-14(20)12-4-5-13(19-18-12)17-10-11-3-2-6-15-9-11/h2-6,9H,7-8,10H2,1H3,(H,16,20)(H,17,19). The van der Waals surface area contributed by atoms with Gasteiger partial charge in [-0.15, -0.1) is 10.2 Å². The first kappa shape index (κ1) is 14.9. The van der Waals surface area contributed by atoms with Crippen LogP contribution in [-0.2, 0) is 11.3 Å². The Bertz CT molecular complexity index is 559. The van der Waals surface area contributed by atoms with Crippen molar-refractivity contribution in [3.8, 4) is 0 Å². The van der Waals surface area contributed by atoms with Gasteiger partial charge < -0.3 is 15.4 Å². The lowest BCUT2D eigenvalue weighted by Crippen LogP contribution is -2.27. The monoisotopic (exact) mass is 287 g/mol. The van der Waals surface area contributed by atoms with Gasteiger partial charge in [-0.05, 0) is 23.8 Å². The van der Waals surface area contributed by atoms with Crippen LogP contribution in [0.25, 0.3) is 0 Å². The number of carbonyl (C=O) groups is 1. The molecule has 0 radical (unpaired) electrons. The molecule has 1 amide bonds. The zero-order valence-corrected chi connectivity index (χ0v) is 11.7. The average Bonchev–Trinajstić information content (AvgIpc) is 2.54. The minimum Gasteiger partial charge on any atom is -0.383 e. The molecular formula is C14H17N5O2. The van der Waals surface area contributed by atoms with Gasteiger partial charge in [0.1, 0.15) is 5.82 Å². The zero-order valence-electron chi connectivity index (χ0n) is 11.7. The summed E-state index contributed by atoms with van der Waals surface area (Å²) in [5, 5.41) is 13.7. The zero-order chi connectivity index (χ0) is 14.9. The highest BCUT2D eigenvalue weighted by Crippen LogP contribution is 2.05. The van der Waals surface area contributed by atoms with E-state index < -0.39 is 0 Å². The molecule has 2 rings (SSSR count). The Morgan fingerprint density at radius 2 is 2.19 bits per heavy atom. The highest BCUT2D eigenvalue weighted by molar-refractivity contribution is 5.92. The van der Waals surface area contributed by atoms with Crippen molar-refractivity contribution in [3.63, 3.8) is 0 Å². The Morgan fingerprint density at radius 1 is 1.29 bits per heavy atom. The van der Waals surface area contributed by atoms with E-state index in [1.165, 1.54) is 0 Å². The summed E-state index contributed by atoms with van der Waals surface area (Å²) < 4.78 is 4.86. The molecule has 0 unspecified atom stereocenters. The number of rotatable bonds is 7. The summed E-state index contributed by atoms with van der Waals surface area (Å²) in [4.78, 5) is 15.7. The van der Waals surface area contributed by atoms with Gasteiger partial charge >= 0.3 is 0 Å². The van der Waals surface area contributed by atoms with Crippen LogP contribution in [0.15, 0.2) is 36.7 Å². The van der Waals surface area contributed by atoms with Crippen LogP contribution < -0.4 is 10.6 Å². The summed E-state index contributed by atoms with van der Waals surface area (Å²) in [5.41, 5.74) is 1.32. The van der Waals surface area contributed by atoms with Crippen molar-refractivity contribution in [2.24, 2.45) is 0 Å². The number of nitrogens with zero attached hydrogens (tertiary/aromatic N) is 3. The Morgan fingerprint density at radius 3 is 2.86 bits per heavy atom. The third-order valence-electron chi connectivity index (χ3n) is 2.69.